The Morgan fingerprint density at radius 3 is 2.95 bits per heavy atom. The highest BCUT2D eigenvalue weighted by atomic mass is 32.1. The molecule has 0 radical (unpaired) electrons. The number of ether oxygens (including phenoxy) is 1. The van der Waals surface area contributed by atoms with Crippen molar-refractivity contribution in [3.05, 3.63) is 35.3 Å². The summed E-state index contributed by atoms with van der Waals surface area (Å²) < 4.78 is 6.31. The van der Waals surface area contributed by atoms with Crippen molar-refractivity contribution in [2.75, 3.05) is 19.8 Å². The van der Waals surface area contributed by atoms with Crippen LogP contribution in [0.25, 0.3) is 16.3 Å². The van der Waals surface area contributed by atoms with Gasteiger partial charge in [0, 0.05) is 38.7 Å². The number of rotatable bonds is 4. The van der Waals surface area contributed by atoms with Crippen LogP contribution in [-0.4, -0.2) is 41.4 Å². The Balaban J connectivity index is 1.56. The molecule has 2 heterocycles. The van der Waals surface area contributed by atoms with Crippen molar-refractivity contribution < 1.29 is 14.6 Å². The summed E-state index contributed by atoms with van der Waals surface area (Å²) >= 11 is 1.54. The predicted molar refractivity (Wildman–Crippen MR) is 86.7 cm³/mol. The van der Waals surface area contributed by atoms with Gasteiger partial charge in [0.2, 0.25) is 5.91 Å². The molecule has 1 aromatic heterocycles. The third-order valence-corrected chi connectivity index (χ3v) is 4.70. The molecule has 116 valence electrons. The second-order valence-electron chi connectivity index (χ2n) is 5.41. The lowest BCUT2D eigenvalue weighted by molar-refractivity contribution is -0.119. The molecule has 1 aliphatic rings. The standard InChI is InChI=1S/C16H18N2O3S/c19-14(17-11-16(20)7-9-21-10-8-16)5-6-15-18-12-3-1-2-4-13(12)22-15/h1-6,20H,7-11H2,(H,17,19). The van der Waals surface area contributed by atoms with E-state index >= 15 is 0 Å². The quantitative estimate of drug-likeness (QED) is 0.846. The number of para-hydroxylation sites is 1. The summed E-state index contributed by atoms with van der Waals surface area (Å²) in [5, 5.41) is 13.8. The number of nitrogens with one attached hydrogen (secondary N) is 1. The topological polar surface area (TPSA) is 71.5 Å². The fourth-order valence-corrected chi connectivity index (χ4v) is 3.22. The first kappa shape index (κ1) is 15.1. The third kappa shape index (κ3) is 3.71. The molecule has 0 spiro atoms. The molecular formula is C16H18N2O3S. The molecule has 1 saturated heterocycles. The number of aliphatic hydroxyl groups is 1. The maximum atomic E-state index is 11.9. The highest BCUT2D eigenvalue weighted by molar-refractivity contribution is 7.19. The van der Waals surface area contributed by atoms with Gasteiger partial charge in [-0.1, -0.05) is 12.1 Å². The Kier molecular flexibility index (Phi) is 4.52. The average Bonchev–Trinajstić information content (AvgIpc) is 2.95. The molecule has 2 N–H and O–H groups in total. The van der Waals surface area contributed by atoms with E-state index in [9.17, 15) is 9.90 Å². The van der Waals surface area contributed by atoms with Gasteiger partial charge in [-0.3, -0.25) is 4.79 Å². The Bertz CT molecular complexity index is 657. The molecule has 0 atom stereocenters. The van der Waals surface area contributed by atoms with E-state index in [4.69, 9.17) is 4.74 Å². The van der Waals surface area contributed by atoms with Crippen molar-refractivity contribution in [1.29, 1.82) is 0 Å². The summed E-state index contributed by atoms with van der Waals surface area (Å²) in [7, 11) is 0. The van der Waals surface area contributed by atoms with E-state index in [1.54, 1.807) is 17.4 Å². The first-order chi connectivity index (χ1) is 10.6. The summed E-state index contributed by atoms with van der Waals surface area (Å²) in [6.45, 7) is 1.32. The second-order valence-corrected chi connectivity index (χ2v) is 6.47. The molecule has 6 heteroatoms. The van der Waals surface area contributed by atoms with E-state index in [0.717, 1.165) is 15.2 Å². The minimum Gasteiger partial charge on any atom is -0.388 e. The number of benzene rings is 1. The Hall–Kier alpha value is -1.76. The first-order valence-electron chi connectivity index (χ1n) is 7.26. The van der Waals surface area contributed by atoms with Crippen LogP contribution in [0.4, 0.5) is 0 Å². The van der Waals surface area contributed by atoms with Gasteiger partial charge in [-0.25, -0.2) is 4.98 Å². The summed E-state index contributed by atoms with van der Waals surface area (Å²) in [6.07, 6.45) is 4.26. The molecule has 0 aliphatic carbocycles. The van der Waals surface area contributed by atoms with E-state index in [-0.39, 0.29) is 12.5 Å². The third-order valence-electron chi connectivity index (χ3n) is 3.70. The zero-order valence-electron chi connectivity index (χ0n) is 12.1. The zero-order chi connectivity index (χ0) is 15.4. The van der Waals surface area contributed by atoms with Gasteiger partial charge in [0.1, 0.15) is 5.01 Å². The van der Waals surface area contributed by atoms with Gasteiger partial charge in [-0.2, -0.15) is 0 Å². The maximum Gasteiger partial charge on any atom is 0.244 e. The predicted octanol–water partition coefficient (Wildman–Crippen LogP) is 1.97. The summed E-state index contributed by atoms with van der Waals surface area (Å²) in [6, 6.07) is 7.86. The van der Waals surface area contributed by atoms with Crippen molar-refractivity contribution in [2.24, 2.45) is 0 Å². The largest absolute Gasteiger partial charge is 0.388 e. The Labute approximate surface area is 132 Å². The Morgan fingerprint density at radius 1 is 1.41 bits per heavy atom. The molecule has 3 rings (SSSR count). The van der Waals surface area contributed by atoms with Crippen LogP contribution in [0, 0.1) is 0 Å². The van der Waals surface area contributed by atoms with Crippen LogP contribution >= 0.6 is 11.3 Å². The van der Waals surface area contributed by atoms with Gasteiger partial charge in [0.25, 0.3) is 0 Å². The normalized spacial score (nSPS) is 17.9. The van der Waals surface area contributed by atoms with Crippen LogP contribution in [0.2, 0.25) is 0 Å². The SMILES string of the molecule is O=C(C=Cc1nc2ccccc2s1)NCC1(O)CCOCC1. The highest BCUT2D eigenvalue weighted by Gasteiger charge is 2.29. The van der Waals surface area contributed by atoms with E-state index in [2.05, 4.69) is 10.3 Å². The van der Waals surface area contributed by atoms with Crippen molar-refractivity contribution >= 4 is 33.5 Å². The van der Waals surface area contributed by atoms with Gasteiger partial charge in [-0.05, 0) is 18.2 Å². The number of carbonyl (C=O) groups is 1. The monoisotopic (exact) mass is 318 g/mol. The number of aromatic nitrogens is 1. The van der Waals surface area contributed by atoms with Gasteiger partial charge in [0.15, 0.2) is 0 Å². The number of thiazole rings is 1. The van der Waals surface area contributed by atoms with E-state index < -0.39 is 5.60 Å². The molecule has 1 aliphatic heterocycles. The van der Waals surface area contributed by atoms with Crippen molar-refractivity contribution in [2.45, 2.75) is 18.4 Å². The summed E-state index contributed by atoms with van der Waals surface area (Å²) in [5.41, 5.74) is 0.0847. The van der Waals surface area contributed by atoms with E-state index in [1.807, 2.05) is 24.3 Å². The minimum atomic E-state index is -0.850. The number of carbonyl (C=O) groups excluding carboxylic acids is 1. The van der Waals surface area contributed by atoms with Crippen LogP contribution in [0.15, 0.2) is 30.3 Å². The molecule has 5 nitrogen and oxygen atoms in total. The smallest absolute Gasteiger partial charge is 0.244 e. The fourth-order valence-electron chi connectivity index (χ4n) is 2.35. The van der Waals surface area contributed by atoms with E-state index in [1.165, 1.54) is 6.08 Å². The van der Waals surface area contributed by atoms with Gasteiger partial charge in [0.05, 0.1) is 15.8 Å². The molecule has 0 unspecified atom stereocenters. The maximum absolute atomic E-state index is 11.9. The molecule has 0 saturated carbocycles. The molecule has 2 aromatic rings. The average molecular weight is 318 g/mol. The van der Waals surface area contributed by atoms with Crippen LogP contribution in [0.3, 0.4) is 0 Å². The second kappa shape index (κ2) is 6.56. The zero-order valence-corrected chi connectivity index (χ0v) is 12.9. The minimum absolute atomic E-state index is 0.223. The number of nitrogens with zero attached hydrogens (tertiary/aromatic N) is 1. The molecule has 22 heavy (non-hydrogen) atoms. The van der Waals surface area contributed by atoms with Crippen LogP contribution in [0.5, 0.6) is 0 Å². The number of amides is 1. The Morgan fingerprint density at radius 2 is 2.18 bits per heavy atom. The first-order valence-corrected chi connectivity index (χ1v) is 8.08. The summed E-state index contributed by atoms with van der Waals surface area (Å²) in [4.78, 5) is 16.3. The lowest BCUT2D eigenvalue weighted by atomic mass is 9.94. The molecule has 1 amide bonds. The van der Waals surface area contributed by atoms with Crippen LogP contribution < -0.4 is 5.32 Å². The van der Waals surface area contributed by atoms with Crippen LogP contribution in [-0.2, 0) is 9.53 Å². The van der Waals surface area contributed by atoms with Gasteiger partial charge in [-0.15, -0.1) is 11.3 Å². The van der Waals surface area contributed by atoms with Crippen molar-refractivity contribution in [3.8, 4) is 0 Å². The lowest BCUT2D eigenvalue weighted by Gasteiger charge is -2.31. The molecule has 0 bridgehead atoms. The van der Waals surface area contributed by atoms with Crippen molar-refractivity contribution in [3.63, 3.8) is 0 Å². The lowest BCUT2D eigenvalue weighted by Crippen LogP contribution is -2.46. The number of hydrogen-bond donors (Lipinski definition) is 2. The molecule has 1 aromatic carbocycles. The summed E-state index contributed by atoms with van der Waals surface area (Å²) in [5.74, 6) is -0.223. The van der Waals surface area contributed by atoms with E-state index in [0.29, 0.717) is 26.1 Å². The number of hydrogen-bond acceptors (Lipinski definition) is 5. The highest BCUT2D eigenvalue weighted by Crippen LogP contribution is 2.22. The van der Waals surface area contributed by atoms with Crippen LogP contribution in [0.1, 0.15) is 17.8 Å². The van der Waals surface area contributed by atoms with Gasteiger partial charge >= 0.3 is 0 Å². The number of fused-ring (bicyclic) bond motifs is 1. The molecule has 1 fully saturated rings. The van der Waals surface area contributed by atoms with Crippen molar-refractivity contribution in [1.82, 2.24) is 10.3 Å². The van der Waals surface area contributed by atoms with Gasteiger partial charge < -0.3 is 15.2 Å². The molecular weight excluding hydrogens is 300 g/mol. The fraction of sp³-hybridized carbons (Fsp3) is 0.375.